The van der Waals surface area contributed by atoms with E-state index in [-0.39, 0.29) is 23.9 Å². The first-order chi connectivity index (χ1) is 18.7. The average Bonchev–Trinajstić information content (AvgIpc) is 3.25. The highest BCUT2D eigenvalue weighted by Gasteiger charge is 2.61. The molecule has 39 heavy (non-hydrogen) atoms. The summed E-state index contributed by atoms with van der Waals surface area (Å²) in [5.41, 5.74) is 2.23. The number of rotatable bonds is 4. The highest BCUT2D eigenvalue weighted by Crippen LogP contribution is 2.62. The van der Waals surface area contributed by atoms with Crippen LogP contribution in [0.2, 0.25) is 0 Å². The van der Waals surface area contributed by atoms with Gasteiger partial charge in [0.25, 0.3) is 0 Å². The number of Topliss-reactive ketones (excluding diaryl/α,β-unsaturated/α-hetero) is 1. The van der Waals surface area contributed by atoms with E-state index in [1.807, 2.05) is 19.2 Å². The van der Waals surface area contributed by atoms with E-state index >= 15 is 0 Å². The predicted molar refractivity (Wildman–Crippen MR) is 146 cm³/mol. The number of piperidine rings is 1. The molecule has 7 nitrogen and oxygen atoms in total. The third-order valence-corrected chi connectivity index (χ3v) is 10.5. The summed E-state index contributed by atoms with van der Waals surface area (Å²) in [6.45, 7) is 5.73. The molecule has 2 saturated heterocycles. The van der Waals surface area contributed by atoms with E-state index < -0.39 is 34.8 Å². The minimum absolute atomic E-state index is 0.130. The lowest BCUT2D eigenvalue weighted by Crippen LogP contribution is -2.53. The van der Waals surface area contributed by atoms with Crippen LogP contribution in [-0.2, 0) is 19.1 Å². The lowest BCUT2D eigenvalue weighted by Gasteiger charge is -2.52. The fraction of sp³-hybridized carbons (Fsp3) is 0.562. The third kappa shape index (κ3) is 3.92. The Hall–Kier alpha value is -2.90. The Kier molecular flexibility index (Phi) is 6.50. The van der Waals surface area contributed by atoms with Gasteiger partial charge in [0.2, 0.25) is 5.78 Å². The van der Waals surface area contributed by atoms with Crippen LogP contribution in [-0.4, -0.2) is 65.9 Å². The van der Waals surface area contributed by atoms with E-state index in [1.54, 1.807) is 7.11 Å². The van der Waals surface area contributed by atoms with Crippen LogP contribution in [0.4, 0.5) is 0 Å². The van der Waals surface area contributed by atoms with Gasteiger partial charge in [-0.3, -0.25) is 4.79 Å². The maximum Gasteiger partial charge on any atom is 0.340 e. The first-order valence-electron chi connectivity index (χ1n) is 14.3. The molecule has 0 spiro atoms. The number of aliphatic hydroxyl groups is 2. The van der Waals surface area contributed by atoms with Gasteiger partial charge in [0, 0.05) is 43.0 Å². The van der Waals surface area contributed by atoms with Gasteiger partial charge in [-0.05, 0) is 68.4 Å². The molecule has 0 bridgehead atoms. The predicted octanol–water partition coefficient (Wildman–Crippen LogP) is 4.59. The summed E-state index contributed by atoms with van der Waals surface area (Å²) in [4.78, 5) is 29.5. The van der Waals surface area contributed by atoms with Crippen LogP contribution in [0.1, 0.15) is 63.9 Å². The van der Waals surface area contributed by atoms with E-state index in [0.717, 1.165) is 37.9 Å². The van der Waals surface area contributed by atoms with Crippen molar-refractivity contribution in [3.8, 4) is 0 Å². The molecule has 5 atom stereocenters. The molecule has 3 fully saturated rings. The molecule has 7 heteroatoms. The number of ether oxygens (including phenoxy) is 2. The molecule has 6 rings (SSSR count). The van der Waals surface area contributed by atoms with Gasteiger partial charge in [-0.1, -0.05) is 37.3 Å². The molecule has 3 aliphatic carbocycles. The molecule has 1 unspecified atom stereocenters. The second kappa shape index (κ2) is 9.63. The fourth-order valence-electron chi connectivity index (χ4n) is 8.16. The minimum Gasteiger partial charge on any atom is -0.504 e. The van der Waals surface area contributed by atoms with E-state index in [4.69, 9.17) is 9.47 Å². The maximum atomic E-state index is 13.9. The summed E-state index contributed by atoms with van der Waals surface area (Å²) in [5, 5.41) is 22.4. The summed E-state index contributed by atoms with van der Waals surface area (Å²) >= 11 is 0. The molecule has 2 N–H and O–H groups in total. The van der Waals surface area contributed by atoms with Crippen LogP contribution in [0.25, 0.3) is 0 Å². The van der Waals surface area contributed by atoms with Crippen molar-refractivity contribution in [2.24, 2.45) is 16.7 Å². The molecule has 1 aromatic rings. The smallest absolute Gasteiger partial charge is 0.340 e. The normalized spacial score (nSPS) is 36.2. The van der Waals surface area contributed by atoms with Crippen LogP contribution >= 0.6 is 0 Å². The average molecular weight is 534 g/mol. The number of aliphatic hydroxyl groups excluding tert-OH is 2. The number of carbonyl (C=O) groups is 2. The third-order valence-electron chi connectivity index (χ3n) is 10.5. The zero-order valence-electron chi connectivity index (χ0n) is 23.1. The Morgan fingerprint density at radius 2 is 1.82 bits per heavy atom. The number of benzene rings is 1. The number of likely N-dealkylation sites (tertiary alicyclic amines) is 1. The van der Waals surface area contributed by atoms with Crippen LogP contribution in [0.3, 0.4) is 0 Å². The van der Waals surface area contributed by atoms with Crippen molar-refractivity contribution in [2.45, 2.75) is 70.5 Å². The van der Waals surface area contributed by atoms with Gasteiger partial charge in [-0.2, -0.15) is 0 Å². The Morgan fingerprint density at radius 1 is 1.10 bits per heavy atom. The lowest BCUT2D eigenvalue weighted by molar-refractivity contribution is -0.156. The zero-order chi connectivity index (χ0) is 27.5. The van der Waals surface area contributed by atoms with Crippen LogP contribution in [0.15, 0.2) is 64.6 Å². The largest absolute Gasteiger partial charge is 0.504 e. The number of ketones is 1. The number of methoxy groups -OCH3 is 1. The topological polar surface area (TPSA) is 96.3 Å². The molecule has 1 saturated carbocycles. The highest BCUT2D eigenvalue weighted by molar-refractivity contribution is 6.12. The number of cyclic esters (lactones) is 1. The van der Waals surface area contributed by atoms with Gasteiger partial charge >= 0.3 is 5.97 Å². The summed E-state index contributed by atoms with van der Waals surface area (Å²) in [7, 11) is 1.57. The summed E-state index contributed by atoms with van der Waals surface area (Å²) < 4.78 is 11.5. The van der Waals surface area contributed by atoms with Crippen molar-refractivity contribution >= 4 is 11.8 Å². The number of hydrogen-bond donors (Lipinski definition) is 2. The molecule has 0 amide bonds. The number of allylic oxidation sites excluding steroid dienone is 1. The van der Waals surface area contributed by atoms with Crippen molar-refractivity contribution in [3.63, 3.8) is 0 Å². The zero-order valence-corrected chi connectivity index (χ0v) is 23.1. The van der Waals surface area contributed by atoms with Gasteiger partial charge in [0.05, 0.1) is 23.7 Å². The first kappa shape index (κ1) is 26.3. The number of fused-ring (bicyclic) bond motifs is 4. The van der Waals surface area contributed by atoms with E-state index in [1.165, 1.54) is 5.56 Å². The van der Waals surface area contributed by atoms with Crippen LogP contribution < -0.4 is 0 Å². The molecule has 1 aromatic carbocycles. The number of hydrogen-bond acceptors (Lipinski definition) is 7. The molecule has 208 valence electrons. The summed E-state index contributed by atoms with van der Waals surface area (Å²) in [6.07, 6.45) is 5.26. The molecular weight excluding hydrogens is 494 g/mol. The summed E-state index contributed by atoms with van der Waals surface area (Å²) in [5.74, 6) is -0.956. The van der Waals surface area contributed by atoms with Gasteiger partial charge in [-0.15, -0.1) is 0 Å². The fourth-order valence-corrected chi connectivity index (χ4v) is 8.16. The second-order valence-corrected chi connectivity index (χ2v) is 12.4. The van der Waals surface area contributed by atoms with Crippen LogP contribution in [0.5, 0.6) is 0 Å². The maximum absolute atomic E-state index is 13.9. The summed E-state index contributed by atoms with van der Waals surface area (Å²) in [6, 6.07) is 10.5. The Balaban J connectivity index is 1.38. The van der Waals surface area contributed by atoms with E-state index in [0.29, 0.717) is 36.3 Å². The number of nitrogens with zero attached hydrogens (tertiary/aromatic N) is 1. The standard InChI is InChI=1S/C32H39NO6/c1-31-14-11-23-26(22(31)9-10-24(31)34)28(35)29(36)27-21(30(37)39-25(18-38-3)32(23,27)2)17-33-15-12-20(13-16-33)19-7-5-4-6-8-19/h4-8,17,20,22,24-25,34,36H,9-16,18H2,1-3H3/b21-17+/t22?,24-,25+,31-,32-/m0/s1. The van der Waals surface area contributed by atoms with Crippen molar-refractivity contribution in [1.82, 2.24) is 4.90 Å². The van der Waals surface area contributed by atoms with Gasteiger partial charge in [-0.25, -0.2) is 4.79 Å². The van der Waals surface area contributed by atoms with Crippen molar-refractivity contribution in [2.75, 3.05) is 26.8 Å². The molecule has 0 radical (unpaired) electrons. The lowest BCUT2D eigenvalue weighted by atomic mass is 9.54. The quantitative estimate of drug-likeness (QED) is 0.432. The van der Waals surface area contributed by atoms with Crippen molar-refractivity contribution in [3.05, 3.63) is 70.1 Å². The molecular formula is C32H39NO6. The van der Waals surface area contributed by atoms with Crippen molar-refractivity contribution < 1.29 is 29.3 Å². The van der Waals surface area contributed by atoms with E-state index in [9.17, 15) is 19.8 Å². The minimum atomic E-state index is -0.889. The number of esters is 1. The molecule has 0 aromatic heterocycles. The monoisotopic (exact) mass is 533 g/mol. The first-order valence-corrected chi connectivity index (χ1v) is 14.3. The molecule has 2 aliphatic heterocycles. The van der Waals surface area contributed by atoms with Gasteiger partial charge < -0.3 is 24.6 Å². The Bertz CT molecular complexity index is 1270. The highest BCUT2D eigenvalue weighted by atomic mass is 16.6. The van der Waals surface area contributed by atoms with Gasteiger partial charge in [0.1, 0.15) is 6.10 Å². The Morgan fingerprint density at radius 3 is 2.51 bits per heavy atom. The number of carbonyl (C=O) groups excluding carboxylic acids is 2. The van der Waals surface area contributed by atoms with Gasteiger partial charge in [0.15, 0.2) is 5.76 Å². The molecule has 2 heterocycles. The molecule has 5 aliphatic rings. The van der Waals surface area contributed by atoms with Crippen molar-refractivity contribution in [1.29, 1.82) is 0 Å². The second-order valence-electron chi connectivity index (χ2n) is 12.4. The van der Waals surface area contributed by atoms with E-state index in [2.05, 4.69) is 36.1 Å². The Labute approximate surface area is 230 Å². The van der Waals surface area contributed by atoms with Crippen LogP contribution in [0, 0.1) is 16.7 Å². The SMILES string of the molecule is COC[C@H]1OC(=O)/C(=C/N2CCC(c3ccccc3)CC2)C2=C(O)C(=O)C3=C(CC[C@@]4(C)C3CC[C@@H]4O)[C@]21C.